The van der Waals surface area contributed by atoms with E-state index in [9.17, 15) is 14.0 Å². The second-order valence-electron chi connectivity index (χ2n) is 6.62. The molecule has 28 heavy (non-hydrogen) atoms. The largest absolute Gasteiger partial charge is 0.497 e. The zero-order chi connectivity index (χ0) is 20.3. The normalized spacial score (nSPS) is 18.6. The quantitative estimate of drug-likeness (QED) is 0.541. The minimum atomic E-state index is -0.359. The molecular weight excluding hydrogens is 363 g/mol. The van der Waals surface area contributed by atoms with Crippen molar-refractivity contribution >= 4 is 17.5 Å². The highest BCUT2D eigenvalue weighted by molar-refractivity contribution is 6.03. The van der Waals surface area contributed by atoms with E-state index >= 15 is 0 Å². The summed E-state index contributed by atoms with van der Waals surface area (Å²) in [4.78, 5) is 31.5. The number of hydroxylamine groups is 2. The molecule has 0 saturated carbocycles. The average molecular weight is 386 g/mol. The molecule has 0 radical (unpaired) electrons. The number of nitrogens with zero attached hydrogens (tertiary/aromatic N) is 2. The third kappa shape index (κ3) is 3.84. The number of halogens is 1. The van der Waals surface area contributed by atoms with Crippen molar-refractivity contribution < 1.29 is 23.6 Å². The van der Waals surface area contributed by atoms with Gasteiger partial charge in [0.05, 0.1) is 26.2 Å². The van der Waals surface area contributed by atoms with Crippen LogP contribution in [0.1, 0.15) is 24.4 Å². The second-order valence-corrected chi connectivity index (χ2v) is 6.62. The predicted octanol–water partition coefficient (Wildman–Crippen LogP) is 3.34. The predicted molar refractivity (Wildman–Crippen MR) is 102 cm³/mol. The van der Waals surface area contributed by atoms with E-state index in [0.717, 1.165) is 16.4 Å². The van der Waals surface area contributed by atoms with E-state index in [1.165, 1.54) is 26.3 Å². The Labute approximate surface area is 163 Å². The third-order valence-electron chi connectivity index (χ3n) is 5.07. The van der Waals surface area contributed by atoms with Crippen LogP contribution in [0.2, 0.25) is 0 Å². The fraction of sp³-hybridized carbons (Fsp3) is 0.333. The van der Waals surface area contributed by atoms with Crippen LogP contribution in [0, 0.1) is 11.7 Å². The molecule has 148 valence electrons. The molecular formula is C21H23FN2O4. The van der Waals surface area contributed by atoms with Gasteiger partial charge in [0.25, 0.3) is 0 Å². The highest BCUT2D eigenvalue weighted by atomic mass is 19.1. The van der Waals surface area contributed by atoms with Crippen molar-refractivity contribution in [2.75, 3.05) is 26.2 Å². The number of anilines is 1. The molecule has 2 atom stereocenters. The lowest BCUT2D eigenvalue weighted by Gasteiger charge is -2.47. The Bertz CT molecular complexity index is 838. The number of methoxy groups -OCH3 is 1. The van der Waals surface area contributed by atoms with Crippen LogP contribution in [0.3, 0.4) is 0 Å². The van der Waals surface area contributed by atoms with Gasteiger partial charge in [-0.15, -0.1) is 0 Å². The first-order chi connectivity index (χ1) is 13.5. The molecule has 0 unspecified atom stereocenters. The van der Waals surface area contributed by atoms with Gasteiger partial charge < -0.3 is 9.64 Å². The Morgan fingerprint density at radius 3 is 2.32 bits per heavy atom. The van der Waals surface area contributed by atoms with Gasteiger partial charge in [0.2, 0.25) is 11.8 Å². The van der Waals surface area contributed by atoms with Crippen LogP contribution in [0.4, 0.5) is 10.1 Å². The van der Waals surface area contributed by atoms with E-state index in [1.807, 2.05) is 24.3 Å². The first kappa shape index (κ1) is 19.8. The topological polar surface area (TPSA) is 59.1 Å². The van der Waals surface area contributed by atoms with E-state index in [2.05, 4.69) is 0 Å². The van der Waals surface area contributed by atoms with Crippen molar-refractivity contribution in [1.82, 2.24) is 5.06 Å². The summed E-state index contributed by atoms with van der Waals surface area (Å²) in [5.41, 5.74) is 1.56. The molecule has 1 aliphatic rings. The van der Waals surface area contributed by atoms with E-state index in [4.69, 9.17) is 9.57 Å². The molecule has 7 heteroatoms. The summed E-state index contributed by atoms with van der Waals surface area (Å²) in [6, 6.07) is 13.1. The van der Waals surface area contributed by atoms with Gasteiger partial charge >= 0.3 is 0 Å². The summed E-state index contributed by atoms with van der Waals surface area (Å²) < 4.78 is 18.5. The van der Waals surface area contributed by atoms with Crippen molar-refractivity contribution in [3.8, 4) is 5.75 Å². The molecule has 0 N–H and O–H groups in total. The average Bonchev–Trinajstić information content (AvgIpc) is 2.72. The minimum Gasteiger partial charge on any atom is -0.497 e. The molecule has 2 aromatic carbocycles. The second kappa shape index (κ2) is 8.39. The fourth-order valence-electron chi connectivity index (χ4n) is 3.44. The van der Waals surface area contributed by atoms with Gasteiger partial charge in [-0.3, -0.25) is 14.4 Å². The molecule has 1 aliphatic heterocycles. The number of amides is 2. The molecule has 2 aromatic rings. The van der Waals surface area contributed by atoms with E-state index in [1.54, 1.807) is 24.1 Å². The third-order valence-corrected chi connectivity index (χ3v) is 5.07. The molecule has 0 aromatic heterocycles. The minimum absolute atomic E-state index is 0.0831. The zero-order valence-electron chi connectivity index (χ0n) is 16.1. The van der Waals surface area contributed by atoms with Crippen molar-refractivity contribution in [1.29, 1.82) is 0 Å². The van der Waals surface area contributed by atoms with Crippen molar-refractivity contribution in [2.45, 2.75) is 18.9 Å². The Hall–Kier alpha value is -2.93. The van der Waals surface area contributed by atoms with Gasteiger partial charge in [0.15, 0.2) is 0 Å². The molecule has 3 rings (SSSR count). The fourth-order valence-corrected chi connectivity index (χ4v) is 3.44. The summed E-state index contributed by atoms with van der Waals surface area (Å²) in [6.45, 7) is 0. The number of ether oxygens (including phenoxy) is 1. The smallest absolute Gasteiger partial charge is 0.245 e. The molecule has 1 fully saturated rings. The van der Waals surface area contributed by atoms with Crippen LogP contribution in [0.5, 0.6) is 5.75 Å². The molecule has 1 saturated heterocycles. The Morgan fingerprint density at radius 2 is 1.75 bits per heavy atom. The number of carbonyl (C=O) groups excluding carboxylic acids is 2. The summed E-state index contributed by atoms with van der Waals surface area (Å²) in [7, 11) is 4.55. The van der Waals surface area contributed by atoms with E-state index in [-0.39, 0.29) is 36.0 Å². The highest BCUT2D eigenvalue weighted by Gasteiger charge is 2.48. The van der Waals surface area contributed by atoms with E-state index < -0.39 is 0 Å². The van der Waals surface area contributed by atoms with Crippen LogP contribution in [0.25, 0.3) is 0 Å². The Morgan fingerprint density at radius 1 is 1.11 bits per heavy atom. The number of rotatable bonds is 7. The number of hydrogen-bond donors (Lipinski definition) is 0. The first-order valence-corrected chi connectivity index (χ1v) is 8.99. The van der Waals surface area contributed by atoms with Crippen LogP contribution in [0.15, 0.2) is 48.5 Å². The number of carbonyl (C=O) groups is 2. The lowest BCUT2D eigenvalue weighted by Crippen LogP contribution is -2.55. The van der Waals surface area contributed by atoms with Gasteiger partial charge in [0.1, 0.15) is 11.6 Å². The van der Waals surface area contributed by atoms with Gasteiger partial charge in [-0.2, -0.15) is 0 Å². The molecule has 6 nitrogen and oxygen atoms in total. The first-order valence-electron chi connectivity index (χ1n) is 8.99. The van der Waals surface area contributed by atoms with Crippen molar-refractivity contribution in [3.05, 3.63) is 59.9 Å². The number of hydrogen-bond acceptors (Lipinski definition) is 4. The number of β-lactam (4-membered cyclic amide) rings is 1. The molecule has 0 aliphatic carbocycles. The van der Waals surface area contributed by atoms with Gasteiger partial charge in [-0.25, -0.2) is 9.45 Å². The molecule has 0 bridgehead atoms. The van der Waals surface area contributed by atoms with Gasteiger partial charge in [-0.1, -0.05) is 12.1 Å². The summed E-state index contributed by atoms with van der Waals surface area (Å²) in [6.07, 6.45) is 0.602. The van der Waals surface area contributed by atoms with Crippen LogP contribution in [-0.4, -0.2) is 38.1 Å². The van der Waals surface area contributed by atoms with Gasteiger partial charge in [0, 0.05) is 19.2 Å². The highest BCUT2D eigenvalue weighted by Crippen LogP contribution is 2.45. The monoisotopic (exact) mass is 386 g/mol. The van der Waals surface area contributed by atoms with Crippen LogP contribution >= 0.6 is 0 Å². The maximum atomic E-state index is 13.3. The Balaban J connectivity index is 1.85. The van der Waals surface area contributed by atoms with Crippen molar-refractivity contribution in [2.24, 2.45) is 5.92 Å². The van der Waals surface area contributed by atoms with Crippen LogP contribution < -0.4 is 9.64 Å². The maximum absolute atomic E-state index is 13.3. The summed E-state index contributed by atoms with van der Waals surface area (Å²) in [5, 5.41) is 1.16. The molecule has 1 heterocycles. The maximum Gasteiger partial charge on any atom is 0.245 e. The molecule has 2 amide bonds. The lowest BCUT2D eigenvalue weighted by molar-refractivity contribution is -0.169. The number of benzene rings is 2. The summed E-state index contributed by atoms with van der Waals surface area (Å²) >= 11 is 0. The van der Waals surface area contributed by atoms with E-state index in [0.29, 0.717) is 12.1 Å². The van der Waals surface area contributed by atoms with Crippen LogP contribution in [-0.2, 0) is 14.4 Å². The Kier molecular flexibility index (Phi) is 5.94. The standard InChI is InChI=1S/C21H23FN2O4/c1-23(28-3)19(25)13-12-18-20(14-4-10-17(27-2)11-5-14)24(21(18)26)16-8-6-15(22)7-9-16/h4-11,18,20H,12-13H2,1-3H3/t18-,20-/m1/s1. The molecule has 0 spiro atoms. The zero-order valence-corrected chi connectivity index (χ0v) is 16.1. The summed E-state index contributed by atoms with van der Waals surface area (Å²) in [5.74, 6) is -0.254. The van der Waals surface area contributed by atoms with Gasteiger partial charge in [-0.05, 0) is 48.4 Å². The van der Waals surface area contributed by atoms with Crippen molar-refractivity contribution in [3.63, 3.8) is 0 Å². The lowest BCUT2D eigenvalue weighted by atomic mass is 9.79. The SMILES string of the molecule is COc1ccc([C@@H]2[C@@H](CCC(=O)N(C)OC)C(=O)N2c2ccc(F)cc2)cc1.